The minimum atomic E-state index is -0.978. The highest BCUT2D eigenvalue weighted by Gasteiger charge is 2.15. The number of nitrogens with zero attached hydrogens (tertiary/aromatic N) is 4. The molecule has 1 aromatic carbocycles. The Balaban J connectivity index is 2.03. The fourth-order valence-electron chi connectivity index (χ4n) is 2.33. The summed E-state index contributed by atoms with van der Waals surface area (Å²) in [5.74, 6) is -0.609. The molecule has 0 bridgehead atoms. The van der Waals surface area contributed by atoms with E-state index in [2.05, 4.69) is 22.1 Å². The monoisotopic (exact) mass is 342 g/mol. The van der Waals surface area contributed by atoms with Gasteiger partial charge in [-0.2, -0.15) is 0 Å². The van der Waals surface area contributed by atoms with E-state index in [0.29, 0.717) is 27.9 Å². The van der Waals surface area contributed by atoms with Gasteiger partial charge in [0.2, 0.25) is 0 Å². The number of aliphatic carboxylic acids is 1. The summed E-state index contributed by atoms with van der Waals surface area (Å²) in [6, 6.07) is 11.1. The van der Waals surface area contributed by atoms with Crippen LogP contribution >= 0.6 is 11.6 Å². The van der Waals surface area contributed by atoms with E-state index in [9.17, 15) is 4.79 Å². The van der Waals surface area contributed by atoms with Gasteiger partial charge in [0.15, 0.2) is 5.82 Å². The highest BCUT2D eigenvalue weighted by Crippen LogP contribution is 2.26. The van der Waals surface area contributed by atoms with Crippen LogP contribution in [0.15, 0.2) is 52.8 Å². The summed E-state index contributed by atoms with van der Waals surface area (Å²) in [5.41, 5.74) is 2.82. The minimum absolute atomic E-state index is 0.234. The molecule has 24 heavy (non-hydrogen) atoms. The number of carbonyl (C=O) groups is 1. The molecule has 0 amide bonds. The van der Waals surface area contributed by atoms with Crippen molar-refractivity contribution in [3.8, 4) is 0 Å². The zero-order valence-electron chi connectivity index (χ0n) is 13.0. The maximum absolute atomic E-state index is 11.1. The first-order valence-electron chi connectivity index (χ1n) is 7.46. The van der Waals surface area contributed by atoms with Crippen molar-refractivity contribution < 1.29 is 9.90 Å². The Kier molecular flexibility index (Phi) is 4.57. The zero-order valence-corrected chi connectivity index (χ0v) is 13.7. The van der Waals surface area contributed by atoms with E-state index in [-0.39, 0.29) is 6.42 Å². The van der Waals surface area contributed by atoms with Crippen molar-refractivity contribution in [3.63, 3.8) is 0 Å². The Hall–Kier alpha value is -2.73. The number of imidazole rings is 1. The topological polar surface area (TPSA) is 79.3 Å². The molecule has 2 aromatic heterocycles. The Bertz CT molecular complexity index is 916. The van der Waals surface area contributed by atoms with Crippen molar-refractivity contribution in [1.29, 1.82) is 0 Å². The van der Waals surface area contributed by atoms with Gasteiger partial charge in [-0.1, -0.05) is 30.7 Å². The Labute approximate surface area is 143 Å². The van der Waals surface area contributed by atoms with Crippen LogP contribution in [0.5, 0.6) is 0 Å². The van der Waals surface area contributed by atoms with Gasteiger partial charge < -0.3 is 5.11 Å². The molecule has 3 aromatic rings. The lowest BCUT2D eigenvalue weighted by molar-refractivity contribution is -0.136. The van der Waals surface area contributed by atoms with E-state index < -0.39 is 5.97 Å². The lowest BCUT2D eigenvalue weighted by atomic mass is 10.2. The smallest absolute Gasteiger partial charge is 0.309 e. The number of rotatable bonds is 5. The number of azo groups is 1. The van der Waals surface area contributed by atoms with Crippen molar-refractivity contribution in [2.24, 2.45) is 10.2 Å². The maximum Gasteiger partial charge on any atom is 0.309 e. The molecule has 0 radical (unpaired) electrons. The molecule has 0 saturated heterocycles. The van der Waals surface area contributed by atoms with Crippen LogP contribution in [-0.2, 0) is 17.6 Å². The molecule has 0 atom stereocenters. The van der Waals surface area contributed by atoms with Crippen LogP contribution in [0, 0.1) is 0 Å². The standard InChI is InChI=1S/C17H15ClN4O2/c1-2-11-3-6-13(7-4-11)20-21-17-14(9-16(23)24)19-15-8-5-12(18)10-22(15)17/h3-8,10H,2,9H2,1H3,(H,23,24). The van der Waals surface area contributed by atoms with Crippen LogP contribution in [0.1, 0.15) is 18.2 Å². The van der Waals surface area contributed by atoms with Gasteiger partial charge in [-0.3, -0.25) is 9.20 Å². The van der Waals surface area contributed by atoms with E-state index in [1.165, 1.54) is 5.56 Å². The van der Waals surface area contributed by atoms with Crippen LogP contribution in [0.2, 0.25) is 5.02 Å². The number of hydrogen-bond acceptors (Lipinski definition) is 4. The normalized spacial score (nSPS) is 11.4. The number of hydrogen-bond donors (Lipinski definition) is 1. The van der Waals surface area contributed by atoms with E-state index in [1.807, 2.05) is 24.3 Å². The maximum atomic E-state index is 11.1. The fourth-order valence-corrected chi connectivity index (χ4v) is 2.49. The molecular formula is C17H15ClN4O2. The SMILES string of the molecule is CCc1ccc(N=Nc2c(CC(=O)O)nc3ccc(Cl)cn23)cc1. The molecule has 0 spiro atoms. The summed E-state index contributed by atoms with van der Waals surface area (Å²) in [7, 11) is 0. The van der Waals surface area contributed by atoms with Gasteiger partial charge in [-0.25, -0.2) is 4.98 Å². The fraction of sp³-hybridized carbons (Fsp3) is 0.176. The summed E-state index contributed by atoms with van der Waals surface area (Å²) in [5, 5.41) is 18.0. The van der Waals surface area contributed by atoms with E-state index >= 15 is 0 Å². The molecule has 0 fully saturated rings. The van der Waals surface area contributed by atoms with Gasteiger partial charge in [0.1, 0.15) is 5.65 Å². The van der Waals surface area contributed by atoms with E-state index in [4.69, 9.17) is 16.7 Å². The number of carboxylic acids is 1. The van der Waals surface area contributed by atoms with Gasteiger partial charge in [0, 0.05) is 6.20 Å². The van der Waals surface area contributed by atoms with Crippen LogP contribution in [0.4, 0.5) is 11.5 Å². The number of aromatic nitrogens is 2. The first-order valence-corrected chi connectivity index (χ1v) is 7.83. The lowest BCUT2D eigenvalue weighted by Crippen LogP contribution is -2.00. The van der Waals surface area contributed by atoms with Gasteiger partial charge >= 0.3 is 5.97 Å². The summed E-state index contributed by atoms with van der Waals surface area (Å²) >= 11 is 6.02. The quantitative estimate of drug-likeness (QED) is 0.688. The third-order valence-corrected chi connectivity index (χ3v) is 3.77. The Morgan fingerprint density at radius 2 is 1.96 bits per heavy atom. The second-order valence-electron chi connectivity index (χ2n) is 5.25. The van der Waals surface area contributed by atoms with Crippen LogP contribution < -0.4 is 0 Å². The average Bonchev–Trinajstić information content (AvgIpc) is 2.89. The molecule has 7 heteroatoms. The molecule has 0 aliphatic rings. The predicted octanol–water partition coefficient (Wildman–Crippen LogP) is 4.59. The summed E-state index contributed by atoms with van der Waals surface area (Å²) in [6.45, 7) is 2.08. The first-order chi connectivity index (χ1) is 11.6. The predicted molar refractivity (Wildman–Crippen MR) is 91.5 cm³/mol. The van der Waals surface area contributed by atoms with Crippen molar-refractivity contribution in [2.45, 2.75) is 19.8 Å². The third-order valence-electron chi connectivity index (χ3n) is 3.55. The number of carboxylic acid groups (broad SMARTS) is 1. The van der Waals surface area contributed by atoms with Crippen LogP contribution in [-0.4, -0.2) is 20.5 Å². The minimum Gasteiger partial charge on any atom is -0.481 e. The molecule has 0 aliphatic carbocycles. The number of aryl methyl sites for hydroxylation is 1. The number of halogens is 1. The van der Waals surface area contributed by atoms with Crippen molar-refractivity contribution in [1.82, 2.24) is 9.38 Å². The van der Waals surface area contributed by atoms with Gasteiger partial charge in [-0.15, -0.1) is 10.2 Å². The molecule has 2 heterocycles. The van der Waals surface area contributed by atoms with Crippen LogP contribution in [0.25, 0.3) is 5.65 Å². The molecule has 0 aliphatic heterocycles. The highest BCUT2D eigenvalue weighted by atomic mass is 35.5. The number of pyridine rings is 1. The summed E-state index contributed by atoms with van der Waals surface area (Å²) in [4.78, 5) is 15.4. The van der Waals surface area contributed by atoms with Crippen molar-refractivity contribution in [2.75, 3.05) is 0 Å². The Morgan fingerprint density at radius 1 is 1.21 bits per heavy atom. The highest BCUT2D eigenvalue weighted by molar-refractivity contribution is 6.30. The lowest BCUT2D eigenvalue weighted by Gasteiger charge is -1.99. The number of benzene rings is 1. The molecule has 1 N–H and O–H groups in total. The van der Waals surface area contributed by atoms with E-state index in [0.717, 1.165) is 6.42 Å². The largest absolute Gasteiger partial charge is 0.481 e. The van der Waals surface area contributed by atoms with Gasteiger partial charge in [-0.05, 0) is 36.2 Å². The van der Waals surface area contributed by atoms with Gasteiger partial charge in [0.05, 0.1) is 22.8 Å². The van der Waals surface area contributed by atoms with Crippen molar-refractivity contribution >= 4 is 34.7 Å². The molecule has 122 valence electrons. The molecule has 0 unspecified atom stereocenters. The zero-order chi connectivity index (χ0) is 17.1. The van der Waals surface area contributed by atoms with Crippen LogP contribution in [0.3, 0.4) is 0 Å². The van der Waals surface area contributed by atoms with Gasteiger partial charge in [0.25, 0.3) is 0 Å². The van der Waals surface area contributed by atoms with E-state index in [1.54, 1.807) is 22.7 Å². The third kappa shape index (κ3) is 3.44. The summed E-state index contributed by atoms with van der Waals surface area (Å²) in [6.07, 6.45) is 2.36. The molecule has 6 nitrogen and oxygen atoms in total. The second-order valence-corrected chi connectivity index (χ2v) is 5.68. The molecular weight excluding hydrogens is 328 g/mol. The molecule has 0 saturated carbocycles. The average molecular weight is 343 g/mol. The Morgan fingerprint density at radius 3 is 2.62 bits per heavy atom. The second kappa shape index (κ2) is 6.80. The number of fused-ring (bicyclic) bond motifs is 1. The first kappa shape index (κ1) is 16.1. The van der Waals surface area contributed by atoms with Crippen molar-refractivity contribution in [3.05, 3.63) is 58.9 Å². The molecule has 3 rings (SSSR count). The summed E-state index contributed by atoms with van der Waals surface area (Å²) < 4.78 is 1.64.